The summed E-state index contributed by atoms with van der Waals surface area (Å²) in [5.74, 6) is -0.621. The quantitative estimate of drug-likeness (QED) is 0.854. The monoisotopic (exact) mass is 251 g/mol. The summed E-state index contributed by atoms with van der Waals surface area (Å²) in [6, 6.07) is 5.28. The molecule has 17 heavy (non-hydrogen) atoms. The summed E-state index contributed by atoms with van der Waals surface area (Å²) in [6.45, 7) is 0. The maximum atomic E-state index is 10.9. The van der Waals surface area contributed by atoms with Crippen molar-refractivity contribution >= 4 is 23.2 Å². The topological polar surface area (TPSA) is 85.8 Å². The number of primary amides is 1. The Morgan fingerprint density at radius 3 is 2.88 bits per heavy atom. The lowest BCUT2D eigenvalue weighted by atomic mass is 10.2. The van der Waals surface area contributed by atoms with E-state index in [9.17, 15) is 4.79 Å². The van der Waals surface area contributed by atoms with Crippen molar-refractivity contribution in [3.63, 3.8) is 0 Å². The van der Waals surface area contributed by atoms with Gasteiger partial charge in [-0.2, -0.15) is 0 Å². The van der Waals surface area contributed by atoms with Crippen LogP contribution >= 0.6 is 11.6 Å². The number of nitrogens with one attached hydrogen (secondary N) is 1. The van der Waals surface area contributed by atoms with Crippen LogP contribution in [0.2, 0.25) is 5.02 Å². The van der Waals surface area contributed by atoms with Crippen LogP contribution in [-0.2, 0) is 0 Å². The molecule has 0 unspecified atom stereocenters. The smallest absolute Gasteiger partial charge is 0.270 e. The van der Waals surface area contributed by atoms with Gasteiger partial charge in [-0.15, -0.1) is 5.10 Å². The van der Waals surface area contributed by atoms with Crippen molar-refractivity contribution in [3.8, 4) is 5.69 Å². The summed E-state index contributed by atoms with van der Waals surface area (Å²) < 4.78 is 1.44. The van der Waals surface area contributed by atoms with Crippen LogP contribution in [0.4, 0.5) is 5.69 Å². The zero-order chi connectivity index (χ0) is 12.4. The lowest BCUT2D eigenvalue weighted by Gasteiger charge is -2.08. The lowest BCUT2D eigenvalue weighted by Crippen LogP contribution is -2.11. The van der Waals surface area contributed by atoms with E-state index >= 15 is 0 Å². The minimum atomic E-state index is -0.621. The zero-order valence-electron chi connectivity index (χ0n) is 9.01. The fourth-order valence-corrected chi connectivity index (χ4v) is 1.57. The summed E-state index contributed by atoms with van der Waals surface area (Å²) in [6.07, 6.45) is 1.45. The van der Waals surface area contributed by atoms with E-state index in [1.165, 1.54) is 10.9 Å². The van der Waals surface area contributed by atoms with E-state index < -0.39 is 5.91 Å². The number of hydrogen-bond donors (Lipinski definition) is 2. The number of benzene rings is 1. The first kappa shape index (κ1) is 11.4. The van der Waals surface area contributed by atoms with E-state index in [2.05, 4.69) is 15.6 Å². The molecule has 88 valence electrons. The predicted molar refractivity (Wildman–Crippen MR) is 64.4 cm³/mol. The van der Waals surface area contributed by atoms with Crippen LogP contribution in [0.1, 0.15) is 10.5 Å². The van der Waals surface area contributed by atoms with Crippen molar-refractivity contribution in [2.24, 2.45) is 5.73 Å². The van der Waals surface area contributed by atoms with E-state index in [0.29, 0.717) is 10.7 Å². The lowest BCUT2D eigenvalue weighted by molar-refractivity contribution is 0.0995. The van der Waals surface area contributed by atoms with Crippen LogP contribution < -0.4 is 11.1 Å². The fourth-order valence-electron chi connectivity index (χ4n) is 1.40. The number of anilines is 1. The molecule has 0 spiro atoms. The Morgan fingerprint density at radius 1 is 1.53 bits per heavy atom. The van der Waals surface area contributed by atoms with Crippen LogP contribution in [-0.4, -0.2) is 27.9 Å². The molecular formula is C10H10ClN5O. The molecule has 1 heterocycles. The van der Waals surface area contributed by atoms with Crippen LogP contribution in [0.25, 0.3) is 5.69 Å². The van der Waals surface area contributed by atoms with Crippen molar-refractivity contribution in [2.75, 3.05) is 12.4 Å². The molecule has 0 aliphatic rings. The van der Waals surface area contributed by atoms with Crippen molar-refractivity contribution in [3.05, 3.63) is 35.1 Å². The maximum Gasteiger partial charge on any atom is 0.270 e. The first-order valence-corrected chi connectivity index (χ1v) is 5.19. The predicted octanol–water partition coefficient (Wildman–Crippen LogP) is 1.06. The molecule has 1 aromatic heterocycles. The number of carbonyl (C=O) groups is 1. The number of nitrogens with zero attached hydrogens (tertiary/aromatic N) is 3. The number of amides is 1. The molecule has 0 saturated heterocycles. The average Bonchev–Trinajstić information content (AvgIpc) is 2.78. The van der Waals surface area contributed by atoms with Gasteiger partial charge in [0.15, 0.2) is 5.69 Å². The summed E-state index contributed by atoms with van der Waals surface area (Å²) in [5, 5.41) is 11.1. The molecule has 3 N–H and O–H groups in total. The SMILES string of the molecule is CNc1ccc(Cl)cc1-n1cc(C(N)=O)nn1. The fraction of sp³-hybridized carbons (Fsp3) is 0.100. The number of halogens is 1. The Morgan fingerprint density at radius 2 is 2.29 bits per heavy atom. The Balaban J connectivity index is 2.51. The second-order valence-corrected chi connectivity index (χ2v) is 3.76. The normalized spacial score (nSPS) is 10.2. The second-order valence-electron chi connectivity index (χ2n) is 3.32. The van der Waals surface area contributed by atoms with Gasteiger partial charge in [-0.25, -0.2) is 4.68 Å². The molecule has 0 bridgehead atoms. The molecule has 2 aromatic rings. The number of nitrogens with two attached hydrogens (primary N) is 1. The highest BCUT2D eigenvalue weighted by molar-refractivity contribution is 6.30. The molecular weight excluding hydrogens is 242 g/mol. The zero-order valence-corrected chi connectivity index (χ0v) is 9.77. The molecule has 0 atom stereocenters. The molecule has 0 saturated carbocycles. The standard InChI is InChI=1S/C10H10ClN5O/c1-13-7-3-2-6(11)4-9(7)16-5-8(10(12)17)14-15-16/h2-5,13H,1H3,(H2,12,17). The molecule has 2 rings (SSSR count). The molecule has 1 amide bonds. The third-order valence-corrected chi connectivity index (χ3v) is 2.46. The average molecular weight is 252 g/mol. The number of carbonyl (C=O) groups excluding carboxylic acids is 1. The van der Waals surface area contributed by atoms with E-state index in [-0.39, 0.29) is 5.69 Å². The molecule has 7 heteroatoms. The highest BCUT2D eigenvalue weighted by Crippen LogP contribution is 2.23. The van der Waals surface area contributed by atoms with Crippen LogP contribution in [0.15, 0.2) is 24.4 Å². The molecule has 0 fully saturated rings. The van der Waals surface area contributed by atoms with E-state index in [4.69, 9.17) is 17.3 Å². The molecule has 0 aliphatic heterocycles. The molecule has 6 nitrogen and oxygen atoms in total. The van der Waals surface area contributed by atoms with Gasteiger partial charge in [-0.3, -0.25) is 4.79 Å². The van der Waals surface area contributed by atoms with E-state index in [0.717, 1.165) is 5.69 Å². The Labute approximate surface area is 102 Å². The van der Waals surface area contributed by atoms with Gasteiger partial charge in [0.25, 0.3) is 5.91 Å². The van der Waals surface area contributed by atoms with E-state index in [1.54, 1.807) is 19.2 Å². The summed E-state index contributed by atoms with van der Waals surface area (Å²) in [4.78, 5) is 10.9. The van der Waals surface area contributed by atoms with Crippen LogP contribution in [0, 0.1) is 0 Å². The molecule has 0 radical (unpaired) electrons. The van der Waals surface area contributed by atoms with Gasteiger partial charge in [0.2, 0.25) is 0 Å². The highest BCUT2D eigenvalue weighted by Gasteiger charge is 2.10. The van der Waals surface area contributed by atoms with Crippen molar-refractivity contribution < 1.29 is 4.79 Å². The van der Waals surface area contributed by atoms with Gasteiger partial charge in [0.1, 0.15) is 0 Å². The molecule has 1 aromatic carbocycles. The van der Waals surface area contributed by atoms with Crippen LogP contribution in [0.3, 0.4) is 0 Å². The van der Waals surface area contributed by atoms with Crippen molar-refractivity contribution in [2.45, 2.75) is 0 Å². The van der Waals surface area contributed by atoms with Gasteiger partial charge < -0.3 is 11.1 Å². The van der Waals surface area contributed by atoms with Crippen molar-refractivity contribution in [1.29, 1.82) is 0 Å². The van der Waals surface area contributed by atoms with Gasteiger partial charge >= 0.3 is 0 Å². The summed E-state index contributed by atoms with van der Waals surface area (Å²) >= 11 is 5.91. The first-order chi connectivity index (χ1) is 8.11. The Bertz CT molecular complexity index is 566. The van der Waals surface area contributed by atoms with Gasteiger partial charge in [-0.05, 0) is 18.2 Å². The number of rotatable bonds is 3. The van der Waals surface area contributed by atoms with E-state index in [1.807, 2.05) is 6.07 Å². The molecule has 0 aliphatic carbocycles. The second kappa shape index (κ2) is 4.42. The maximum absolute atomic E-state index is 10.9. The first-order valence-electron chi connectivity index (χ1n) is 4.81. The number of aromatic nitrogens is 3. The Hall–Kier alpha value is -2.08. The summed E-state index contributed by atoms with van der Waals surface area (Å²) in [7, 11) is 1.78. The summed E-state index contributed by atoms with van der Waals surface area (Å²) in [5.41, 5.74) is 6.72. The van der Waals surface area contributed by atoms with Gasteiger partial charge in [-0.1, -0.05) is 16.8 Å². The highest BCUT2D eigenvalue weighted by atomic mass is 35.5. The minimum Gasteiger partial charge on any atom is -0.386 e. The number of hydrogen-bond acceptors (Lipinski definition) is 4. The largest absolute Gasteiger partial charge is 0.386 e. The van der Waals surface area contributed by atoms with Gasteiger partial charge in [0, 0.05) is 12.1 Å². The van der Waals surface area contributed by atoms with Crippen LogP contribution in [0.5, 0.6) is 0 Å². The third-order valence-electron chi connectivity index (χ3n) is 2.22. The Kier molecular flexibility index (Phi) is 2.97. The third kappa shape index (κ3) is 2.21. The van der Waals surface area contributed by atoms with Gasteiger partial charge in [0.05, 0.1) is 17.6 Å². The minimum absolute atomic E-state index is 0.104. The van der Waals surface area contributed by atoms with Crippen molar-refractivity contribution in [1.82, 2.24) is 15.0 Å².